The topological polar surface area (TPSA) is 56.7 Å². The molecule has 0 aromatic carbocycles. The lowest BCUT2D eigenvalue weighted by atomic mass is 10.0. The molecular weight excluding hydrogens is 232 g/mol. The predicted molar refractivity (Wildman–Crippen MR) is 69.9 cm³/mol. The molecule has 3 heterocycles. The summed E-state index contributed by atoms with van der Waals surface area (Å²) >= 11 is 2.07. The van der Waals surface area contributed by atoms with E-state index < -0.39 is 0 Å². The molecule has 0 amide bonds. The van der Waals surface area contributed by atoms with Gasteiger partial charge in [-0.2, -0.15) is 16.9 Å². The number of aryl methyl sites for hydroxylation is 1. The maximum absolute atomic E-state index is 6.05. The van der Waals surface area contributed by atoms with Crippen molar-refractivity contribution in [2.75, 3.05) is 11.5 Å². The molecule has 5 heteroatoms. The highest BCUT2D eigenvalue weighted by molar-refractivity contribution is 7.99. The molecule has 4 nitrogen and oxygen atoms in total. The van der Waals surface area contributed by atoms with E-state index in [-0.39, 0.29) is 6.17 Å². The van der Waals surface area contributed by atoms with Gasteiger partial charge >= 0.3 is 0 Å². The zero-order chi connectivity index (χ0) is 11.7. The highest BCUT2D eigenvalue weighted by Crippen LogP contribution is 2.26. The summed E-state index contributed by atoms with van der Waals surface area (Å²) in [5, 5.41) is 4.60. The average molecular weight is 252 g/mol. The van der Waals surface area contributed by atoms with Crippen LogP contribution in [0.1, 0.15) is 43.5 Å². The molecule has 0 bridgehead atoms. The van der Waals surface area contributed by atoms with Gasteiger partial charge in [0.2, 0.25) is 0 Å². The van der Waals surface area contributed by atoms with Crippen molar-refractivity contribution in [3.05, 3.63) is 11.6 Å². The second-order valence-electron chi connectivity index (χ2n) is 5.14. The lowest BCUT2D eigenvalue weighted by Gasteiger charge is -2.19. The lowest BCUT2D eigenvalue weighted by molar-refractivity contribution is 0.370. The number of rotatable bonds is 2. The smallest absolute Gasteiger partial charge is 0.151 e. The molecular formula is C12H20N4S. The van der Waals surface area contributed by atoms with Crippen LogP contribution >= 0.6 is 11.8 Å². The summed E-state index contributed by atoms with van der Waals surface area (Å²) in [6.45, 7) is 0. The summed E-state index contributed by atoms with van der Waals surface area (Å²) in [7, 11) is 0. The zero-order valence-electron chi connectivity index (χ0n) is 10.1. The summed E-state index contributed by atoms with van der Waals surface area (Å²) in [5.74, 6) is 5.49. The molecule has 0 radical (unpaired) electrons. The van der Waals surface area contributed by atoms with E-state index >= 15 is 0 Å². The molecule has 1 saturated heterocycles. The van der Waals surface area contributed by atoms with Crippen molar-refractivity contribution >= 4 is 11.8 Å². The molecule has 0 spiro atoms. The normalized spacial score (nSPS) is 29.0. The summed E-state index contributed by atoms with van der Waals surface area (Å²) in [5.41, 5.74) is 6.05. The van der Waals surface area contributed by atoms with E-state index in [0.29, 0.717) is 0 Å². The van der Waals surface area contributed by atoms with Crippen LogP contribution in [0.5, 0.6) is 0 Å². The Morgan fingerprint density at radius 2 is 2.29 bits per heavy atom. The van der Waals surface area contributed by atoms with E-state index in [1.807, 2.05) is 4.68 Å². The fourth-order valence-electron chi connectivity index (χ4n) is 2.75. The SMILES string of the molecule is NC1CCCc2nc(CC3CCCSC3)nn21. The molecule has 0 aliphatic carbocycles. The van der Waals surface area contributed by atoms with E-state index in [9.17, 15) is 0 Å². The van der Waals surface area contributed by atoms with E-state index in [2.05, 4.69) is 21.8 Å². The second-order valence-corrected chi connectivity index (χ2v) is 6.29. The summed E-state index contributed by atoms with van der Waals surface area (Å²) < 4.78 is 1.95. The highest BCUT2D eigenvalue weighted by Gasteiger charge is 2.22. The van der Waals surface area contributed by atoms with Crippen LogP contribution in [0.15, 0.2) is 0 Å². The van der Waals surface area contributed by atoms with Gasteiger partial charge in [0.1, 0.15) is 12.0 Å². The maximum Gasteiger partial charge on any atom is 0.151 e. The fourth-order valence-corrected chi connectivity index (χ4v) is 3.90. The van der Waals surface area contributed by atoms with Crippen LogP contribution in [0.25, 0.3) is 0 Å². The van der Waals surface area contributed by atoms with Gasteiger partial charge in [-0.1, -0.05) is 0 Å². The first-order valence-corrected chi connectivity index (χ1v) is 7.76. The van der Waals surface area contributed by atoms with Crippen molar-refractivity contribution in [2.45, 2.75) is 44.7 Å². The lowest BCUT2D eigenvalue weighted by Crippen LogP contribution is -2.26. The van der Waals surface area contributed by atoms with E-state index in [0.717, 1.165) is 43.3 Å². The molecule has 1 aromatic rings. The Balaban J connectivity index is 1.71. The van der Waals surface area contributed by atoms with Crippen LogP contribution < -0.4 is 5.73 Å². The van der Waals surface area contributed by atoms with E-state index in [1.165, 1.54) is 24.3 Å². The Bertz CT molecular complexity index is 384. The zero-order valence-corrected chi connectivity index (χ0v) is 11.0. The first-order valence-electron chi connectivity index (χ1n) is 6.60. The second kappa shape index (κ2) is 4.98. The van der Waals surface area contributed by atoms with Gasteiger partial charge in [0.05, 0.1) is 0 Å². The number of hydrogen-bond acceptors (Lipinski definition) is 4. The van der Waals surface area contributed by atoms with Gasteiger partial charge in [-0.15, -0.1) is 0 Å². The third-order valence-corrected chi connectivity index (χ3v) is 4.97. The highest BCUT2D eigenvalue weighted by atomic mass is 32.2. The van der Waals surface area contributed by atoms with Crippen molar-refractivity contribution in [1.82, 2.24) is 14.8 Å². The molecule has 94 valence electrons. The molecule has 1 aromatic heterocycles. The van der Waals surface area contributed by atoms with Gasteiger partial charge in [0.25, 0.3) is 0 Å². The Morgan fingerprint density at radius 3 is 3.06 bits per heavy atom. The molecule has 2 N–H and O–H groups in total. The van der Waals surface area contributed by atoms with Crippen LogP contribution in [-0.2, 0) is 12.8 Å². The first kappa shape index (κ1) is 11.5. The van der Waals surface area contributed by atoms with Gasteiger partial charge in [-0.05, 0) is 43.1 Å². The van der Waals surface area contributed by atoms with Crippen molar-refractivity contribution in [3.63, 3.8) is 0 Å². The molecule has 2 aliphatic heterocycles. The monoisotopic (exact) mass is 252 g/mol. The van der Waals surface area contributed by atoms with Gasteiger partial charge in [-0.25, -0.2) is 9.67 Å². The quantitative estimate of drug-likeness (QED) is 0.871. The van der Waals surface area contributed by atoms with Crippen LogP contribution in [0.2, 0.25) is 0 Å². The third kappa shape index (κ3) is 2.50. The number of hydrogen-bond donors (Lipinski definition) is 1. The Labute approximate surface area is 106 Å². The molecule has 0 saturated carbocycles. The standard InChI is InChI=1S/C12H20N4S/c13-10-4-1-5-12-14-11(15-16(10)12)7-9-3-2-6-17-8-9/h9-10H,1-8,13H2. The Hall–Kier alpha value is -0.550. The first-order chi connectivity index (χ1) is 8.33. The number of fused-ring (bicyclic) bond motifs is 1. The minimum atomic E-state index is 0.0562. The third-order valence-electron chi connectivity index (χ3n) is 3.69. The van der Waals surface area contributed by atoms with Crippen molar-refractivity contribution < 1.29 is 0 Å². The van der Waals surface area contributed by atoms with Crippen molar-refractivity contribution in [2.24, 2.45) is 11.7 Å². The fraction of sp³-hybridized carbons (Fsp3) is 0.833. The van der Waals surface area contributed by atoms with Gasteiger partial charge < -0.3 is 5.73 Å². The number of nitrogens with zero attached hydrogens (tertiary/aromatic N) is 3. The Kier molecular flexibility index (Phi) is 3.38. The molecule has 1 fully saturated rings. The van der Waals surface area contributed by atoms with Gasteiger partial charge in [0, 0.05) is 12.8 Å². The molecule has 2 atom stereocenters. The maximum atomic E-state index is 6.05. The summed E-state index contributed by atoms with van der Waals surface area (Å²) in [6, 6.07) is 0. The number of aromatic nitrogens is 3. The minimum absolute atomic E-state index is 0.0562. The Morgan fingerprint density at radius 1 is 1.35 bits per heavy atom. The molecule has 2 aliphatic rings. The van der Waals surface area contributed by atoms with Crippen LogP contribution in [-0.4, -0.2) is 26.3 Å². The van der Waals surface area contributed by atoms with Gasteiger partial charge in [0.15, 0.2) is 5.82 Å². The van der Waals surface area contributed by atoms with Crippen LogP contribution in [0.3, 0.4) is 0 Å². The number of thioether (sulfide) groups is 1. The largest absolute Gasteiger partial charge is 0.310 e. The number of nitrogens with two attached hydrogens (primary N) is 1. The molecule has 17 heavy (non-hydrogen) atoms. The molecule has 3 rings (SSSR count). The van der Waals surface area contributed by atoms with E-state index in [4.69, 9.17) is 5.73 Å². The van der Waals surface area contributed by atoms with Crippen molar-refractivity contribution in [1.29, 1.82) is 0 Å². The van der Waals surface area contributed by atoms with Crippen molar-refractivity contribution in [3.8, 4) is 0 Å². The van der Waals surface area contributed by atoms with Crippen LogP contribution in [0.4, 0.5) is 0 Å². The van der Waals surface area contributed by atoms with Gasteiger partial charge in [-0.3, -0.25) is 0 Å². The summed E-state index contributed by atoms with van der Waals surface area (Å²) in [6.07, 6.45) is 7.01. The predicted octanol–water partition coefficient (Wildman–Crippen LogP) is 1.76. The summed E-state index contributed by atoms with van der Waals surface area (Å²) in [4.78, 5) is 4.66. The average Bonchev–Trinajstić information content (AvgIpc) is 2.74. The minimum Gasteiger partial charge on any atom is -0.310 e. The molecule has 2 unspecified atom stereocenters. The van der Waals surface area contributed by atoms with Crippen LogP contribution in [0, 0.1) is 5.92 Å². The van der Waals surface area contributed by atoms with E-state index in [1.54, 1.807) is 0 Å².